The zero-order valence-electron chi connectivity index (χ0n) is 12.9. The molecule has 1 heterocycles. The summed E-state index contributed by atoms with van der Waals surface area (Å²) in [4.78, 5) is 0. The standard InChI is InChI=1S/C17H25NO2S/c1-12-4-3-5-15-16(10-13(2)17(12)15)18-11-14-6-8-21(19,20)9-7-14/h3-5,13-14,16,18H,6-11H2,1-2H3/t13-,16+/m0/s1. The molecule has 0 unspecified atom stereocenters. The summed E-state index contributed by atoms with van der Waals surface area (Å²) in [6, 6.07) is 7.03. The van der Waals surface area contributed by atoms with E-state index in [4.69, 9.17) is 0 Å². The van der Waals surface area contributed by atoms with Gasteiger partial charge in [-0.1, -0.05) is 25.1 Å². The van der Waals surface area contributed by atoms with Crippen LogP contribution in [-0.4, -0.2) is 26.5 Å². The van der Waals surface area contributed by atoms with Crippen molar-refractivity contribution in [2.75, 3.05) is 18.1 Å². The van der Waals surface area contributed by atoms with Crippen LogP contribution in [0.4, 0.5) is 0 Å². The van der Waals surface area contributed by atoms with E-state index in [9.17, 15) is 8.42 Å². The Morgan fingerprint density at radius 1 is 1.24 bits per heavy atom. The van der Waals surface area contributed by atoms with E-state index >= 15 is 0 Å². The van der Waals surface area contributed by atoms with Crippen molar-refractivity contribution < 1.29 is 8.42 Å². The van der Waals surface area contributed by atoms with Gasteiger partial charge < -0.3 is 5.32 Å². The van der Waals surface area contributed by atoms with Gasteiger partial charge in [0.05, 0.1) is 11.5 Å². The van der Waals surface area contributed by atoms with Crippen molar-refractivity contribution in [2.45, 2.75) is 45.1 Å². The number of fused-ring (bicyclic) bond motifs is 1. The maximum Gasteiger partial charge on any atom is 0.150 e. The zero-order valence-corrected chi connectivity index (χ0v) is 13.7. The Morgan fingerprint density at radius 3 is 2.67 bits per heavy atom. The van der Waals surface area contributed by atoms with Crippen molar-refractivity contribution in [1.82, 2.24) is 5.32 Å². The molecular formula is C17H25NO2S. The average molecular weight is 307 g/mol. The van der Waals surface area contributed by atoms with Crippen molar-refractivity contribution in [3.63, 3.8) is 0 Å². The van der Waals surface area contributed by atoms with E-state index in [1.54, 1.807) is 0 Å². The first-order valence-electron chi connectivity index (χ1n) is 7.99. The summed E-state index contributed by atoms with van der Waals surface area (Å²) in [7, 11) is -2.74. The predicted octanol–water partition coefficient (Wildman–Crippen LogP) is 2.96. The molecule has 1 aromatic carbocycles. The van der Waals surface area contributed by atoms with Crippen LogP contribution in [0, 0.1) is 12.8 Å². The first-order chi connectivity index (χ1) is 9.96. The van der Waals surface area contributed by atoms with Gasteiger partial charge in [0.2, 0.25) is 0 Å². The van der Waals surface area contributed by atoms with E-state index < -0.39 is 9.84 Å². The van der Waals surface area contributed by atoms with E-state index in [0.717, 1.165) is 25.8 Å². The SMILES string of the molecule is Cc1cccc2c1[C@@H](C)C[C@H]2NCC1CCS(=O)(=O)CC1. The Balaban J connectivity index is 1.62. The molecule has 21 heavy (non-hydrogen) atoms. The van der Waals surface area contributed by atoms with E-state index in [1.165, 1.54) is 16.7 Å². The van der Waals surface area contributed by atoms with Crippen molar-refractivity contribution >= 4 is 9.84 Å². The van der Waals surface area contributed by atoms with Crippen LogP contribution in [0.25, 0.3) is 0 Å². The van der Waals surface area contributed by atoms with Gasteiger partial charge in [0.25, 0.3) is 0 Å². The predicted molar refractivity (Wildman–Crippen MR) is 86.3 cm³/mol. The quantitative estimate of drug-likeness (QED) is 0.934. The van der Waals surface area contributed by atoms with Gasteiger partial charge in [-0.3, -0.25) is 0 Å². The number of hydrogen-bond donors (Lipinski definition) is 1. The van der Waals surface area contributed by atoms with Crippen LogP contribution in [0.2, 0.25) is 0 Å². The van der Waals surface area contributed by atoms with Crippen molar-refractivity contribution in [1.29, 1.82) is 0 Å². The monoisotopic (exact) mass is 307 g/mol. The fourth-order valence-corrected chi connectivity index (χ4v) is 5.51. The van der Waals surface area contributed by atoms with E-state index in [2.05, 4.69) is 37.4 Å². The Hall–Kier alpha value is -0.870. The minimum Gasteiger partial charge on any atom is -0.310 e. The smallest absolute Gasteiger partial charge is 0.150 e. The highest BCUT2D eigenvalue weighted by atomic mass is 32.2. The molecule has 116 valence electrons. The maximum absolute atomic E-state index is 11.5. The number of hydrogen-bond acceptors (Lipinski definition) is 3. The summed E-state index contributed by atoms with van der Waals surface area (Å²) < 4.78 is 23.0. The van der Waals surface area contributed by atoms with Crippen LogP contribution in [0.5, 0.6) is 0 Å². The minimum absolute atomic E-state index is 0.371. The Morgan fingerprint density at radius 2 is 1.95 bits per heavy atom. The van der Waals surface area contributed by atoms with Crippen molar-refractivity contribution in [3.8, 4) is 0 Å². The van der Waals surface area contributed by atoms with Crippen LogP contribution < -0.4 is 5.32 Å². The van der Waals surface area contributed by atoms with Gasteiger partial charge in [0, 0.05) is 6.04 Å². The largest absolute Gasteiger partial charge is 0.310 e. The number of aryl methyl sites for hydroxylation is 1. The molecule has 4 heteroatoms. The average Bonchev–Trinajstić information content (AvgIpc) is 2.76. The van der Waals surface area contributed by atoms with E-state index in [1.807, 2.05) is 0 Å². The van der Waals surface area contributed by atoms with Crippen LogP contribution >= 0.6 is 0 Å². The molecule has 2 aliphatic rings. The Bertz CT molecular complexity index is 610. The second-order valence-electron chi connectivity index (χ2n) is 6.77. The summed E-state index contributed by atoms with van der Waals surface area (Å²) >= 11 is 0. The molecule has 0 radical (unpaired) electrons. The number of rotatable bonds is 3. The van der Waals surface area contributed by atoms with Crippen molar-refractivity contribution in [2.24, 2.45) is 5.92 Å². The third kappa shape index (κ3) is 3.16. The molecule has 1 fully saturated rings. The highest BCUT2D eigenvalue weighted by Gasteiger charge is 2.30. The third-order valence-electron chi connectivity index (χ3n) is 5.14. The second kappa shape index (κ2) is 5.73. The molecule has 1 saturated heterocycles. The van der Waals surface area contributed by atoms with Crippen LogP contribution in [0.15, 0.2) is 18.2 Å². The topological polar surface area (TPSA) is 46.2 Å². The Labute approximate surface area is 128 Å². The second-order valence-corrected chi connectivity index (χ2v) is 9.07. The fourth-order valence-electron chi connectivity index (χ4n) is 3.92. The first-order valence-corrected chi connectivity index (χ1v) is 9.81. The molecule has 0 saturated carbocycles. The summed E-state index contributed by atoms with van der Waals surface area (Å²) in [6.45, 7) is 5.45. The van der Waals surface area contributed by atoms with Crippen LogP contribution in [-0.2, 0) is 9.84 Å². The summed E-state index contributed by atoms with van der Waals surface area (Å²) in [5.74, 6) is 1.87. The fraction of sp³-hybridized carbons (Fsp3) is 0.647. The van der Waals surface area contributed by atoms with Crippen LogP contribution in [0.3, 0.4) is 0 Å². The number of benzene rings is 1. The van der Waals surface area contributed by atoms with E-state index in [-0.39, 0.29) is 0 Å². The normalized spacial score (nSPS) is 28.5. The molecule has 2 atom stereocenters. The molecule has 3 rings (SSSR count). The summed E-state index contributed by atoms with van der Waals surface area (Å²) in [5, 5.41) is 3.70. The molecule has 1 aliphatic heterocycles. The lowest BCUT2D eigenvalue weighted by Crippen LogP contribution is -2.32. The molecule has 0 bridgehead atoms. The Kier molecular flexibility index (Phi) is 4.10. The van der Waals surface area contributed by atoms with Gasteiger partial charge in [-0.25, -0.2) is 8.42 Å². The molecule has 1 aromatic rings. The molecule has 1 N–H and O–H groups in total. The lowest BCUT2D eigenvalue weighted by molar-refractivity contribution is 0.395. The number of nitrogens with one attached hydrogen (secondary N) is 1. The minimum atomic E-state index is -2.74. The van der Waals surface area contributed by atoms with Gasteiger partial charge >= 0.3 is 0 Å². The van der Waals surface area contributed by atoms with Crippen molar-refractivity contribution in [3.05, 3.63) is 34.9 Å². The van der Waals surface area contributed by atoms with Gasteiger partial charge in [0.1, 0.15) is 9.84 Å². The maximum atomic E-state index is 11.5. The van der Waals surface area contributed by atoms with Gasteiger partial charge in [-0.2, -0.15) is 0 Å². The molecule has 0 spiro atoms. The molecule has 1 aliphatic carbocycles. The van der Waals surface area contributed by atoms with Crippen LogP contribution in [0.1, 0.15) is 54.8 Å². The number of sulfone groups is 1. The lowest BCUT2D eigenvalue weighted by Gasteiger charge is -2.24. The molecule has 0 aromatic heterocycles. The lowest BCUT2D eigenvalue weighted by atomic mass is 9.98. The highest BCUT2D eigenvalue weighted by molar-refractivity contribution is 7.91. The molecule has 0 amide bonds. The summed E-state index contributed by atoms with van der Waals surface area (Å²) in [5.41, 5.74) is 4.36. The molecular weight excluding hydrogens is 282 g/mol. The van der Waals surface area contributed by atoms with E-state index in [0.29, 0.717) is 29.4 Å². The first kappa shape index (κ1) is 15.0. The highest BCUT2D eigenvalue weighted by Crippen LogP contribution is 2.41. The summed E-state index contributed by atoms with van der Waals surface area (Å²) in [6.07, 6.45) is 2.79. The third-order valence-corrected chi connectivity index (χ3v) is 6.86. The van der Waals surface area contributed by atoms with Gasteiger partial charge in [-0.05, 0) is 61.3 Å². The van der Waals surface area contributed by atoms with Gasteiger partial charge in [0.15, 0.2) is 0 Å². The molecule has 3 nitrogen and oxygen atoms in total. The zero-order chi connectivity index (χ0) is 15.0. The van der Waals surface area contributed by atoms with Gasteiger partial charge in [-0.15, -0.1) is 0 Å².